The molecule has 1 aliphatic heterocycles. The molecule has 4 rings (SSSR count). The smallest absolute Gasteiger partial charge is 0.315 e. The highest BCUT2D eigenvalue weighted by Crippen LogP contribution is 2.25. The number of nitrogens with one attached hydrogen (secondary N) is 1. The van der Waals surface area contributed by atoms with Gasteiger partial charge in [-0.3, -0.25) is 9.69 Å². The van der Waals surface area contributed by atoms with Crippen molar-refractivity contribution in [3.05, 3.63) is 93.1 Å². The van der Waals surface area contributed by atoms with E-state index in [1.54, 1.807) is 28.8 Å². The first-order valence-corrected chi connectivity index (χ1v) is 10.2. The molecule has 2 aromatic carbocycles. The lowest BCUT2D eigenvalue weighted by Gasteiger charge is -2.11. The van der Waals surface area contributed by atoms with Crippen LogP contribution in [-0.4, -0.2) is 21.4 Å². The van der Waals surface area contributed by atoms with E-state index >= 15 is 0 Å². The van der Waals surface area contributed by atoms with Gasteiger partial charge in [-0.05, 0) is 61.4 Å². The molecule has 5 nitrogen and oxygen atoms in total. The van der Waals surface area contributed by atoms with Gasteiger partial charge in [0.05, 0.1) is 12.2 Å². The normalized spacial score (nSPS) is 15.2. The summed E-state index contributed by atoms with van der Waals surface area (Å²) < 4.78 is 17.0. The van der Waals surface area contributed by atoms with Gasteiger partial charge >= 0.3 is 6.03 Å². The fraction of sp³-hybridized carbons (Fsp3) is 0.130. The van der Waals surface area contributed by atoms with Gasteiger partial charge in [0.2, 0.25) is 0 Å². The van der Waals surface area contributed by atoms with Crippen LogP contribution in [0.3, 0.4) is 0 Å². The summed E-state index contributed by atoms with van der Waals surface area (Å²) >= 11 is 3.37. The summed E-state index contributed by atoms with van der Waals surface area (Å²) in [7, 11) is 0. The number of hydrogen-bond donors (Lipinski definition) is 1. The van der Waals surface area contributed by atoms with Crippen LogP contribution in [0.2, 0.25) is 0 Å². The second kappa shape index (κ2) is 7.91. The fourth-order valence-corrected chi connectivity index (χ4v) is 3.84. The van der Waals surface area contributed by atoms with E-state index < -0.39 is 11.9 Å². The van der Waals surface area contributed by atoms with Crippen molar-refractivity contribution in [1.82, 2.24) is 14.8 Å². The zero-order valence-corrected chi connectivity index (χ0v) is 18.0. The van der Waals surface area contributed by atoms with E-state index in [4.69, 9.17) is 0 Å². The lowest BCUT2D eigenvalue weighted by molar-refractivity contribution is -0.123. The predicted octanol–water partition coefficient (Wildman–Crippen LogP) is 5.09. The maximum absolute atomic E-state index is 14.3. The largest absolute Gasteiger partial charge is 0.329 e. The first-order valence-electron chi connectivity index (χ1n) is 9.38. The molecule has 30 heavy (non-hydrogen) atoms. The van der Waals surface area contributed by atoms with Crippen LogP contribution in [0.4, 0.5) is 9.18 Å². The summed E-state index contributed by atoms with van der Waals surface area (Å²) in [5.41, 5.74) is 3.83. The maximum Gasteiger partial charge on any atom is 0.329 e. The highest BCUT2D eigenvalue weighted by Gasteiger charge is 2.33. The van der Waals surface area contributed by atoms with Gasteiger partial charge in [0, 0.05) is 15.9 Å². The summed E-state index contributed by atoms with van der Waals surface area (Å²) in [5, 5.41) is 2.65. The zero-order valence-electron chi connectivity index (χ0n) is 16.4. The topological polar surface area (TPSA) is 54.3 Å². The number of aromatic nitrogens is 1. The average molecular weight is 468 g/mol. The van der Waals surface area contributed by atoms with Gasteiger partial charge in [-0.15, -0.1) is 0 Å². The molecule has 7 heteroatoms. The van der Waals surface area contributed by atoms with Crippen molar-refractivity contribution in [3.8, 4) is 5.69 Å². The summed E-state index contributed by atoms with van der Waals surface area (Å²) in [6, 6.07) is 15.4. The quantitative estimate of drug-likeness (QED) is 0.429. The molecule has 3 amide bonds. The summed E-state index contributed by atoms with van der Waals surface area (Å²) in [6.07, 6.45) is 1.64. The maximum atomic E-state index is 14.3. The van der Waals surface area contributed by atoms with Crippen molar-refractivity contribution in [2.75, 3.05) is 0 Å². The van der Waals surface area contributed by atoms with E-state index in [9.17, 15) is 14.0 Å². The third kappa shape index (κ3) is 3.68. The van der Waals surface area contributed by atoms with Gasteiger partial charge in [-0.1, -0.05) is 40.2 Å². The van der Waals surface area contributed by atoms with Gasteiger partial charge in [0.1, 0.15) is 11.5 Å². The first-order chi connectivity index (χ1) is 14.3. The monoisotopic (exact) mass is 467 g/mol. The SMILES string of the molecule is Cc1cc(/C=C2/NC(=O)N(Cc3ccc(Br)cc3)C2=O)c(C)n1-c1ccccc1F. The van der Waals surface area contributed by atoms with E-state index in [-0.39, 0.29) is 18.1 Å². The molecule has 1 aliphatic rings. The number of carbonyl (C=O) groups is 2. The Kier molecular flexibility index (Phi) is 5.30. The summed E-state index contributed by atoms with van der Waals surface area (Å²) in [6.45, 7) is 3.91. The van der Waals surface area contributed by atoms with Gasteiger partial charge in [-0.25, -0.2) is 9.18 Å². The number of carbonyl (C=O) groups excluding carboxylic acids is 2. The van der Waals surface area contributed by atoms with E-state index in [0.29, 0.717) is 5.69 Å². The van der Waals surface area contributed by atoms with Crippen molar-refractivity contribution in [2.24, 2.45) is 0 Å². The molecule has 1 fully saturated rings. The van der Waals surface area contributed by atoms with Crippen molar-refractivity contribution in [1.29, 1.82) is 0 Å². The number of nitrogens with zero attached hydrogens (tertiary/aromatic N) is 2. The number of amides is 3. The zero-order chi connectivity index (χ0) is 21.4. The van der Waals surface area contributed by atoms with E-state index in [0.717, 1.165) is 27.0 Å². The van der Waals surface area contributed by atoms with Crippen molar-refractivity contribution >= 4 is 33.9 Å². The third-order valence-corrected chi connectivity index (χ3v) is 5.61. The molecule has 0 atom stereocenters. The molecule has 0 spiro atoms. The first kappa shape index (κ1) is 20.1. The number of rotatable bonds is 4. The Hall–Kier alpha value is -3.19. The van der Waals surface area contributed by atoms with Gasteiger partial charge in [-0.2, -0.15) is 0 Å². The molecular formula is C23H19BrFN3O2. The van der Waals surface area contributed by atoms with Gasteiger partial charge < -0.3 is 9.88 Å². The molecule has 3 aromatic rings. The number of urea groups is 1. The number of para-hydroxylation sites is 1. The van der Waals surface area contributed by atoms with Gasteiger partial charge in [0.25, 0.3) is 5.91 Å². The number of aryl methyl sites for hydroxylation is 1. The molecule has 152 valence electrons. The Bertz CT molecular complexity index is 1180. The molecule has 2 heterocycles. The van der Waals surface area contributed by atoms with Crippen LogP contribution >= 0.6 is 15.9 Å². The third-order valence-electron chi connectivity index (χ3n) is 5.08. The molecule has 0 saturated carbocycles. The van der Waals surface area contributed by atoms with Crippen molar-refractivity contribution < 1.29 is 14.0 Å². The second-order valence-electron chi connectivity index (χ2n) is 7.12. The summed E-state index contributed by atoms with van der Waals surface area (Å²) in [4.78, 5) is 26.4. The Morgan fingerprint density at radius 2 is 1.77 bits per heavy atom. The molecule has 1 saturated heterocycles. The van der Waals surface area contributed by atoms with Crippen molar-refractivity contribution in [2.45, 2.75) is 20.4 Å². The molecular weight excluding hydrogens is 449 g/mol. The predicted molar refractivity (Wildman–Crippen MR) is 116 cm³/mol. The summed E-state index contributed by atoms with van der Waals surface area (Å²) in [5.74, 6) is -0.719. The van der Waals surface area contributed by atoms with Crippen LogP contribution in [0.5, 0.6) is 0 Å². The van der Waals surface area contributed by atoms with Gasteiger partial charge in [0.15, 0.2) is 0 Å². The lowest BCUT2D eigenvalue weighted by atomic mass is 10.2. The highest BCUT2D eigenvalue weighted by atomic mass is 79.9. The van der Waals surface area contributed by atoms with Crippen LogP contribution in [-0.2, 0) is 11.3 Å². The minimum Gasteiger partial charge on any atom is -0.315 e. The Labute approximate surface area is 181 Å². The number of imide groups is 1. The second-order valence-corrected chi connectivity index (χ2v) is 8.03. The number of hydrogen-bond acceptors (Lipinski definition) is 2. The average Bonchev–Trinajstić information content (AvgIpc) is 3.14. The number of benzene rings is 2. The van der Waals surface area contributed by atoms with Crippen LogP contribution in [0.25, 0.3) is 11.8 Å². The number of halogens is 2. The Balaban J connectivity index is 1.63. The molecule has 0 unspecified atom stereocenters. The minimum atomic E-state index is -0.461. The molecule has 1 aromatic heterocycles. The van der Waals surface area contributed by atoms with Crippen LogP contribution < -0.4 is 5.32 Å². The fourth-order valence-electron chi connectivity index (χ4n) is 3.58. The molecule has 0 radical (unpaired) electrons. The standard InChI is InChI=1S/C23H19BrFN3O2/c1-14-11-17(15(2)28(14)21-6-4-3-5-19(21)25)12-20-22(29)27(23(30)26-20)13-16-7-9-18(24)10-8-16/h3-12H,13H2,1-2H3,(H,26,30)/b20-12+. The molecule has 1 N–H and O–H groups in total. The molecule has 0 aliphatic carbocycles. The van der Waals surface area contributed by atoms with Crippen molar-refractivity contribution in [3.63, 3.8) is 0 Å². The Morgan fingerprint density at radius 3 is 2.47 bits per heavy atom. The van der Waals surface area contributed by atoms with E-state index in [2.05, 4.69) is 21.2 Å². The lowest BCUT2D eigenvalue weighted by Crippen LogP contribution is -2.30. The van der Waals surface area contributed by atoms with Crippen LogP contribution in [0.15, 0.2) is 64.8 Å². The van der Waals surface area contributed by atoms with E-state index in [1.165, 1.54) is 11.0 Å². The van der Waals surface area contributed by atoms with Crippen LogP contribution in [0, 0.1) is 19.7 Å². The Morgan fingerprint density at radius 1 is 1.07 bits per heavy atom. The minimum absolute atomic E-state index is 0.184. The molecule has 0 bridgehead atoms. The van der Waals surface area contributed by atoms with E-state index in [1.807, 2.05) is 44.2 Å². The van der Waals surface area contributed by atoms with Crippen LogP contribution in [0.1, 0.15) is 22.5 Å². The highest BCUT2D eigenvalue weighted by molar-refractivity contribution is 9.10.